The topological polar surface area (TPSA) is 66.4 Å². The summed E-state index contributed by atoms with van der Waals surface area (Å²) in [6.07, 6.45) is 2.59. The molecule has 2 N–H and O–H groups in total. The van der Waals surface area contributed by atoms with E-state index in [1.54, 1.807) is 11.8 Å². The van der Waals surface area contributed by atoms with E-state index in [-0.39, 0.29) is 17.1 Å². The Balaban J connectivity index is 3.37. The molecule has 17 heavy (non-hydrogen) atoms. The maximum absolute atomic E-state index is 11.4. The molecule has 1 amide bonds. The molecule has 0 aromatic carbocycles. The van der Waals surface area contributed by atoms with Gasteiger partial charge in [-0.25, -0.2) is 0 Å². The highest BCUT2D eigenvalue weighted by Crippen LogP contribution is 2.22. The fourth-order valence-corrected chi connectivity index (χ4v) is 1.81. The molecule has 0 fully saturated rings. The first-order valence-electron chi connectivity index (χ1n) is 5.94. The molecule has 0 heterocycles. The minimum atomic E-state index is -0.754. The van der Waals surface area contributed by atoms with Gasteiger partial charge in [-0.05, 0) is 12.8 Å². The monoisotopic (exact) mass is 261 g/mol. The second-order valence-electron chi connectivity index (χ2n) is 4.96. The van der Waals surface area contributed by atoms with Crippen LogP contribution in [0.4, 0.5) is 0 Å². The highest BCUT2D eigenvalue weighted by molar-refractivity contribution is 8.01. The quantitative estimate of drug-likeness (QED) is 0.658. The van der Waals surface area contributed by atoms with E-state index in [9.17, 15) is 9.59 Å². The van der Waals surface area contributed by atoms with Gasteiger partial charge in [0.25, 0.3) is 0 Å². The zero-order valence-corrected chi connectivity index (χ0v) is 11.7. The Morgan fingerprint density at radius 2 is 1.82 bits per heavy atom. The zero-order valence-electron chi connectivity index (χ0n) is 10.9. The number of unbranched alkanes of at least 4 members (excludes halogenated alkanes) is 2. The summed E-state index contributed by atoms with van der Waals surface area (Å²) in [6.45, 7) is 6.88. The maximum Gasteiger partial charge on any atom is 0.303 e. The number of hydrogen-bond acceptors (Lipinski definition) is 3. The number of amides is 1. The van der Waals surface area contributed by atoms with Crippen molar-refractivity contribution >= 4 is 23.6 Å². The first-order chi connectivity index (χ1) is 7.81. The Hall–Kier alpha value is -0.710. The van der Waals surface area contributed by atoms with Crippen LogP contribution in [0.15, 0.2) is 0 Å². The number of thioether (sulfide) groups is 1. The van der Waals surface area contributed by atoms with Crippen molar-refractivity contribution in [3.63, 3.8) is 0 Å². The van der Waals surface area contributed by atoms with E-state index in [1.807, 2.05) is 0 Å². The zero-order chi connectivity index (χ0) is 13.3. The van der Waals surface area contributed by atoms with Gasteiger partial charge in [0.05, 0.1) is 5.75 Å². The molecule has 0 aliphatic rings. The first kappa shape index (κ1) is 16.3. The van der Waals surface area contributed by atoms with Crippen molar-refractivity contribution < 1.29 is 14.7 Å². The Morgan fingerprint density at radius 3 is 2.35 bits per heavy atom. The Labute approximate surface area is 108 Å². The van der Waals surface area contributed by atoms with Crippen molar-refractivity contribution in [2.75, 3.05) is 12.3 Å². The maximum atomic E-state index is 11.4. The van der Waals surface area contributed by atoms with Gasteiger partial charge < -0.3 is 10.4 Å². The van der Waals surface area contributed by atoms with E-state index in [2.05, 4.69) is 26.1 Å². The largest absolute Gasteiger partial charge is 0.481 e. The van der Waals surface area contributed by atoms with Gasteiger partial charge in [0, 0.05) is 17.7 Å². The van der Waals surface area contributed by atoms with Gasteiger partial charge in [0.1, 0.15) is 0 Å². The number of rotatable bonds is 8. The van der Waals surface area contributed by atoms with Gasteiger partial charge in [0.2, 0.25) is 5.91 Å². The third-order valence-electron chi connectivity index (χ3n) is 2.03. The molecule has 0 spiro atoms. The molecular weight excluding hydrogens is 238 g/mol. The van der Waals surface area contributed by atoms with E-state index in [1.165, 1.54) is 0 Å². The standard InChI is InChI=1S/C12H23NO3S/c1-12(2,3)17-9-10(14)13-8-6-4-5-7-11(15)16/h4-9H2,1-3H3,(H,13,14)(H,15,16). The summed E-state index contributed by atoms with van der Waals surface area (Å²) >= 11 is 1.62. The van der Waals surface area contributed by atoms with Gasteiger partial charge >= 0.3 is 5.97 Å². The molecule has 0 rings (SSSR count). The smallest absolute Gasteiger partial charge is 0.303 e. The average Bonchev–Trinajstić information content (AvgIpc) is 2.19. The van der Waals surface area contributed by atoms with Crippen LogP contribution in [0.2, 0.25) is 0 Å². The van der Waals surface area contributed by atoms with Crippen molar-refractivity contribution in [3.05, 3.63) is 0 Å². The van der Waals surface area contributed by atoms with Crippen LogP contribution >= 0.6 is 11.8 Å². The molecule has 0 radical (unpaired) electrons. The van der Waals surface area contributed by atoms with E-state index >= 15 is 0 Å². The van der Waals surface area contributed by atoms with Crippen LogP contribution in [0, 0.1) is 0 Å². The summed E-state index contributed by atoms with van der Waals surface area (Å²) in [7, 11) is 0. The van der Waals surface area contributed by atoms with Crippen molar-refractivity contribution in [1.82, 2.24) is 5.32 Å². The minimum Gasteiger partial charge on any atom is -0.481 e. The van der Waals surface area contributed by atoms with Crippen molar-refractivity contribution in [1.29, 1.82) is 0 Å². The van der Waals surface area contributed by atoms with Crippen LogP contribution in [0.25, 0.3) is 0 Å². The molecule has 0 aliphatic heterocycles. The lowest BCUT2D eigenvalue weighted by Crippen LogP contribution is -2.27. The average molecular weight is 261 g/mol. The number of carboxylic acid groups (broad SMARTS) is 1. The molecule has 0 aromatic rings. The Bertz CT molecular complexity index is 249. The summed E-state index contributed by atoms with van der Waals surface area (Å²) in [4.78, 5) is 21.7. The van der Waals surface area contributed by atoms with E-state index < -0.39 is 5.97 Å². The predicted octanol–water partition coefficient (Wildman–Crippen LogP) is 2.28. The molecule has 4 nitrogen and oxygen atoms in total. The van der Waals surface area contributed by atoms with Crippen LogP contribution in [0.5, 0.6) is 0 Å². The lowest BCUT2D eigenvalue weighted by atomic mass is 10.2. The number of nitrogens with one attached hydrogen (secondary N) is 1. The molecule has 0 saturated heterocycles. The summed E-state index contributed by atoms with van der Waals surface area (Å²) < 4.78 is 0.110. The molecular formula is C12H23NO3S. The molecule has 0 aromatic heterocycles. The van der Waals surface area contributed by atoms with E-state index in [0.717, 1.165) is 12.8 Å². The van der Waals surface area contributed by atoms with Gasteiger partial charge in [-0.3, -0.25) is 9.59 Å². The fraction of sp³-hybridized carbons (Fsp3) is 0.833. The predicted molar refractivity (Wildman–Crippen MR) is 71.3 cm³/mol. The van der Waals surface area contributed by atoms with Crippen molar-refractivity contribution in [3.8, 4) is 0 Å². The normalized spacial score (nSPS) is 11.2. The number of carbonyl (C=O) groups excluding carboxylic acids is 1. The lowest BCUT2D eigenvalue weighted by Gasteiger charge is -2.16. The van der Waals surface area contributed by atoms with Gasteiger partial charge in [-0.2, -0.15) is 0 Å². The highest BCUT2D eigenvalue weighted by Gasteiger charge is 2.12. The van der Waals surface area contributed by atoms with Crippen molar-refractivity contribution in [2.24, 2.45) is 0 Å². The van der Waals surface area contributed by atoms with Gasteiger partial charge in [0.15, 0.2) is 0 Å². The van der Waals surface area contributed by atoms with E-state index in [4.69, 9.17) is 5.11 Å². The second-order valence-corrected chi connectivity index (χ2v) is 6.76. The summed E-state index contributed by atoms with van der Waals surface area (Å²) in [6, 6.07) is 0. The Kier molecular flexibility index (Phi) is 8.04. The molecule has 5 heteroatoms. The van der Waals surface area contributed by atoms with Gasteiger partial charge in [-0.1, -0.05) is 27.2 Å². The molecule has 0 aliphatic carbocycles. The summed E-state index contributed by atoms with van der Waals surface area (Å²) in [5, 5.41) is 11.3. The molecule has 0 unspecified atom stereocenters. The van der Waals surface area contributed by atoms with Crippen LogP contribution in [-0.2, 0) is 9.59 Å². The lowest BCUT2D eigenvalue weighted by molar-refractivity contribution is -0.137. The fourth-order valence-electron chi connectivity index (χ4n) is 1.14. The number of carbonyl (C=O) groups is 2. The highest BCUT2D eigenvalue weighted by atomic mass is 32.2. The van der Waals surface area contributed by atoms with Gasteiger partial charge in [-0.15, -0.1) is 11.8 Å². The summed E-state index contributed by atoms with van der Waals surface area (Å²) in [5.74, 6) is -0.211. The van der Waals surface area contributed by atoms with Crippen molar-refractivity contribution in [2.45, 2.75) is 51.2 Å². The second kappa shape index (κ2) is 8.39. The third kappa shape index (κ3) is 13.2. The SMILES string of the molecule is CC(C)(C)SCC(=O)NCCCCCC(=O)O. The molecule has 0 saturated carbocycles. The Morgan fingerprint density at radius 1 is 1.18 bits per heavy atom. The van der Waals surface area contributed by atoms with E-state index in [0.29, 0.717) is 18.7 Å². The number of carboxylic acids is 1. The molecule has 100 valence electrons. The number of aliphatic carboxylic acids is 1. The van der Waals surface area contributed by atoms with Crippen LogP contribution in [-0.4, -0.2) is 34.0 Å². The van der Waals surface area contributed by atoms with Crippen LogP contribution < -0.4 is 5.32 Å². The number of hydrogen-bond donors (Lipinski definition) is 2. The minimum absolute atomic E-state index is 0.0585. The van der Waals surface area contributed by atoms with Crippen LogP contribution in [0.1, 0.15) is 46.5 Å². The van der Waals surface area contributed by atoms with Crippen LogP contribution in [0.3, 0.4) is 0 Å². The summed E-state index contributed by atoms with van der Waals surface area (Å²) in [5.41, 5.74) is 0. The third-order valence-corrected chi connectivity index (χ3v) is 3.30. The molecule has 0 atom stereocenters. The molecule has 0 bridgehead atoms. The first-order valence-corrected chi connectivity index (χ1v) is 6.92.